The third-order valence-electron chi connectivity index (χ3n) is 3.47. The lowest BCUT2D eigenvalue weighted by Crippen LogP contribution is -2.16. The van der Waals surface area contributed by atoms with Gasteiger partial charge in [0, 0.05) is 39.5 Å². The van der Waals surface area contributed by atoms with Gasteiger partial charge < -0.3 is 30.2 Å². The summed E-state index contributed by atoms with van der Waals surface area (Å²) < 4.78 is 7.94. The van der Waals surface area contributed by atoms with Crippen molar-refractivity contribution >= 4 is 29.3 Å². The summed E-state index contributed by atoms with van der Waals surface area (Å²) >= 11 is 0. The molecular formula is C16H22N6O4. The minimum absolute atomic E-state index is 0.0868. The molecule has 0 saturated heterocycles. The molecule has 0 spiro atoms. The van der Waals surface area contributed by atoms with Crippen LogP contribution in [0.2, 0.25) is 0 Å². The molecule has 0 atom stereocenters. The number of carbonyl (C=O) groups is 3. The number of imidazole rings is 1. The van der Waals surface area contributed by atoms with Crippen LogP contribution in [0.3, 0.4) is 0 Å². The van der Waals surface area contributed by atoms with Gasteiger partial charge in [-0.15, -0.1) is 0 Å². The van der Waals surface area contributed by atoms with E-state index in [9.17, 15) is 14.4 Å². The second kappa shape index (κ2) is 8.30. The van der Waals surface area contributed by atoms with Gasteiger partial charge >= 0.3 is 5.97 Å². The van der Waals surface area contributed by atoms with Crippen LogP contribution >= 0.6 is 0 Å². The predicted octanol–water partition coefficient (Wildman–Crippen LogP) is 0.475. The third kappa shape index (κ3) is 4.48. The molecule has 26 heavy (non-hydrogen) atoms. The van der Waals surface area contributed by atoms with Crippen molar-refractivity contribution in [1.29, 1.82) is 0 Å². The van der Waals surface area contributed by atoms with Gasteiger partial charge in [0.1, 0.15) is 5.69 Å². The minimum atomic E-state index is -0.570. The molecule has 140 valence electrons. The summed E-state index contributed by atoms with van der Waals surface area (Å²) in [6.45, 7) is 2.17. The number of hydrogen-bond acceptors (Lipinski definition) is 6. The Kier molecular flexibility index (Phi) is 6.12. The van der Waals surface area contributed by atoms with Crippen LogP contribution in [-0.4, -0.2) is 45.1 Å². The maximum atomic E-state index is 12.4. The summed E-state index contributed by atoms with van der Waals surface area (Å²) in [5, 5.41) is 5.28. The largest absolute Gasteiger partial charge is 0.460 e. The summed E-state index contributed by atoms with van der Waals surface area (Å²) in [6, 6.07) is 1.54. The quantitative estimate of drug-likeness (QED) is 0.613. The highest BCUT2D eigenvalue weighted by molar-refractivity contribution is 6.04. The Morgan fingerprint density at radius 2 is 1.92 bits per heavy atom. The number of nitrogens with two attached hydrogens (primary N) is 1. The molecule has 0 bridgehead atoms. The molecule has 0 aliphatic carbocycles. The van der Waals surface area contributed by atoms with E-state index in [2.05, 4.69) is 15.6 Å². The Bertz CT molecular complexity index is 823. The number of amides is 2. The Balaban J connectivity index is 2.11. The topological polar surface area (TPSA) is 133 Å². The number of nitrogens with zero attached hydrogens (tertiary/aromatic N) is 3. The van der Waals surface area contributed by atoms with Crippen molar-refractivity contribution in [2.75, 3.05) is 23.8 Å². The maximum absolute atomic E-state index is 12.4. The number of aromatic nitrogens is 3. The van der Waals surface area contributed by atoms with E-state index in [4.69, 9.17) is 10.5 Å². The number of anilines is 2. The van der Waals surface area contributed by atoms with Gasteiger partial charge in [0.2, 0.25) is 11.7 Å². The van der Waals surface area contributed by atoms with Crippen LogP contribution in [0.1, 0.15) is 34.5 Å². The number of rotatable bonds is 7. The van der Waals surface area contributed by atoms with Gasteiger partial charge in [-0.2, -0.15) is 0 Å². The normalized spacial score (nSPS) is 10.5. The fourth-order valence-electron chi connectivity index (χ4n) is 2.31. The van der Waals surface area contributed by atoms with Crippen molar-refractivity contribution in [2.45, 2.75) is 13.3 Å². The monoisotopic (exact) mass is 362 g/mol. The first-order chi connectivity index (χ1) is 12.3. The highest BCUT2D eigenvalue weighted by atomic mass is 16.5. The van der Waals surface area contributed by atoms with Crippen LogP contribution in [0, 0.1) is 0 Å². The first kappa shape index (κ1) is 19.2. The fraction of sp³-hybridized carbons (Fsp3) is 0.375. The first-order valence-corrected chi connectivity index (χ1v) is 8.03. The van der Waals surface area contributed by atoms with Gasteiger partial charge in [0.05, 0.1) is 12.3 Å². The summed E-state index contributed by atoms with van der Waals surface area (Å²) in [6.07, 6.45) is 3.32. The van der Waals surface area contributed by atoms with E-state index >= 15 is 0 Å². The predicted molar refractivity (Wildman–Crippen MR) is 94.8 cm³/mol. The molecule has 2 heterocycles. The second-order valence-corrected chi connectivity index (χ2v) is 5.55. The molecule has 4 N–H and O–H groups in total. The van der Waals surface area contributed by atoms with Crippen LogP contribution in [-0.2, 0) is 23.6 Å². The van der Waals surface area contributed by atoms with Gasteiger partial charge in [0.15, 0.2) is 5.82 Å². The molecule has 0 aliphatic rings. The van der Waals surface area contributed by atoms with E-state index in [1.807, 2.05) is 0 Å². The molecule has 2 rings (SSSR count). The lowest BCUT2D eigenvalue weighted by atomic mass is 10.3. The second-order valence-electron chi connectivity index (χ2n) is 5.55. The zero-order valence-electron chi connectivity index (χ0n) is 14.9. The van der Waals surface area contributed by atoms with Crippen LogP contribution in [0.25, 0.3) is 0 Å². The number of carbonyl (C=O) groups excluding carboxylic acids is 3. The summed E-state index contributed by atoms with van der Waals surface area (Å²) in [5.74, 6) is -0.923. The average Bonchev–Trinajstić information content (AvgIpc) is 3.10. The highest BCUT2D eigenvalue weighted by Crippen LogP contribution is 2.15. The molecule has 2 amide bonds. The Hall–Kier alpha value is -3.14. The molecule has 2 aromatic heterocycles. The number of aryl methyl sites for hydroxylation is 2. The Morgan fingerprint density at radius 3 is 2.58 bits per heavy atom. The van der Waals surface area contributed by atoms with Crippen LogP contribution in [0.4, 0.5) is 11.5 Å². The van der Waals surface area contributed by atoms with Gasteiger partial charge in [0.25, 0.3) is 5.91 Å². The first-order valence-electron chi connectivity index (χ1n) is 8.03. The number of hydrogen-bond donors (Lipinski definition) is 3. The number of nitrogens with one attached hydrogen (secondary N) is 2. The molecule has 0 aromatic carbocycles. The van der Waals surface area contributed by atoms with E-state index in [-0.39, 0.29) is 37.1 Å². The molecule has 0 fully saturated rings. The van der Waals surface area contributed by atoms with E-state index in [1.165, 1.54) is 10.8 Å². The summed E-state index contributed by atoms with van der Waals surface area (Å²) in [4.78, 5) is 39.9. The standard InChI is InChI=1S/C16H22N6O4/c1-4-26-16(25)14-19-12(9-22(14)3)20-15(24)11-7-10(8-21(11)2)18-13(23)5-6-17/h7-9H,4-6,17H2,1-3H3,(H,18,23)(H,20,24). The fourth-order valence-corrected chi connectivity index (χ4v) is 2.31. The average molecular weight is 362 g/mol. The Labute approximate surface area is 150 Å². The zero-order chi connectivity index (χ0) is 19.3. The van der Waals surface area contributed by atoms with E-state index < -0.39 is 11.9 Å². The molecule has 0 unspecified atom stereocenters. The maximum Gasteiger partial charge on any atom is 0.374 e. The molecule has 0 radical (unpaired) electrons. The SMILES string of the molecule is CCOC(=O)c1nc(NC(=O)c2cc(NC(=O)CCN)cn2C)cn1C. The summed E-state index contributed by atoms with van der Waals surface area (Å²) in [7, 11) is 3.30. The van der Waals surface area contributed by atoms with Crippen molar-refractivity contribution in [3.8, 4) is 0 Å². The molecule has 2 aromatic rings. The van der Waals surface area contributed by atoms with Crippen LogP contribution < -0.4 is 16.4 Å². The molecular weight excluding hydrogens is 340 g/mol. The van der Waals surface area contributed by atoms with Crippen LogP contribution in [0.5, 0.6) is 0 Å². The van der Waals surface area contributed by atoms with Crippen molar-refractivity contribution in [2.24, 2.45) is 19.8 Å². The van der Waals surface area contributed by atoms with E-state index in [0.29, 0.717) is 11.4 Å². The van der Waals surface area contributed by atoms with Crippen molar-refractivity contribution in [3.05, 3.63) is 30.0 Å². The summed E-state index contributed by atoms with van der Waals surface area (Å²) in [5.41, 5.74) is 6.14. The van der Waals surface area contributed by atoms with Crippen LogP contribution in [0.15, 0.2) is 18.5 Å². The number of esters is 1. The van der Waals surface area contributed by atoms with Crippen molar-refractivity contribution in [3.63, 3.8) is 0 Å². The van der Waals surface area contributed by atoms with Gasteiger partial charge in [-0.25, -0.2) is 9.78 Å². The number of ether oxygens (including phenoxy) is 1. The van der Waals surface area contributed by atoms with E-state index in [1.54, 1.807) is 37.8 Å². The molecule has 0 aliphatic heterocycles. The van der Waals surface area contributed by atoms with Crippen molar-refractivity contribution < 1.29 is 19.1 Å². The highest BCUT2D eigenvalue weighted by Gasteiger charge is 2.18. The molecule has 10 heteroatoms. The lowest BCUT2D eigenvalue weighted by Gasteiger charge is -2.02. The van der Waals surface area contributed by atoms with Gasteiger partial charge in [-0.3, -0.25) is 9.59 Å². The van der Waals surface area contributed by atoms with E-state index in [0.717, 1.165) is 0 Å². The van der Waals surface area contributed by atoms with Crippen molar-refractivity contribution in [1.82, 2.24) is 14.1 Å². The molecule has 0 saturated carbocycles. The minimum Gasteiger partial charge on any atom is -0.460 e. The zero-order valence-corrected chi connectivity index (χ0v) is 14.9. The van der Waals surface area contributed by atoms with Gasteiger partial charge in [-0.1, -0.05) is 0 Å². The molecule has 10 nitrogen and oxygen atoms in total. The third-order valence-corrected chi connectivity index (χ3v) is 3.47. The Morgan fingerprint density at radius 1 is 1.19 bits per heavy atom. The lowest BCUT2D eigenvalue weighted by molar-refractivity contribution is -0.116. The van der Waals surface area contributed by atoms with Gasteiger partial charge in [-0.05, 0) is 13.0 Å². The smallest absolute Gasteiger partial charge is 0.374 e.